The topological polar surface area (TPSA) is 20.2 Å². The maximum atomic E-state index is 10.6. The highest BCUT2D eigenvalue weighted by Gasteiger charge is 2.42. The lowest BCUT2D eigenvalue weighted by molar-refractivity contribution is -0.00934. The van der Waals surface area contributed by atoms with E-state index in [1.807, 2.05) is 13.8 Å². The predicted octanol–water partition coefficient (Wildman–Crippen LogP) is 4.09. The van der Waals surface area contributed by atoms with Crippen molar-refractivity contribution in [3.8, 4) is 12.3 Å². The van der Waals surface area contributed by atoms with Gasteiger partial charge in [0.25, 0.3) is 0 Å². The van der Waals surface area contributed by atoms with E-state index in [0.717, 1.165) is 19.3 Å². The lowest BCUT2D eigenvalue weighted by Gasteiger charge is -2.39. The molecule has 0 heterocycles. The second kappa shape index (κ2) is 6.67. The molecular formula is C16H26O. The van der Waals surface area contributed by atoms with Gasteiger partial charge in [-0.25, -0.2) is 0 Å². The second-order valence-corrected chi connectivity index (χ2v) is 5.20. The molecule has 1 nitrogen and oxygen atoms in total. The van der Waals surface area contributed by atoms with E-state index in [-0.39, 0.29) is 0 Å². The van der Waals surface area contributed by atoms with Crippen LogP contribution >= 0.6 is 0 Å². The molecule has 0 radical (unpaired) electrons. The third-order valence-corrected chi connectivity index (χ3v) is 3.46. The van der Waals surface area contributed by atoms with Crippen molar-refractivity contribution in [3.63, 3.8) is 0 Å². The highest BCUT2D eigenvalue weighted by molar-refractivity contribution is 5.20. The fourth-order valence-electron chi connectivity index (χ4n) is 2.02. The lowest BCUT2D eigenvalue weighted by Crippen LogP contribution is -2.44. The molecule has 0 bridgehead atoms. The van der Waals surface area contributed by atoms with E-state index >= 15 is 0 Å². The van der Waals surface area contributed by atoms with Crippen molar-refractivity contribution in [2.24, 2.45) is 5.41 Å². The average molecular weight is 234 g/mol. The van der Waals surface area contributed by atoms with Crippen LogP contribution in [0.2, 0.25) is 0 Å². The lowest BCUT2D eigenvalue weighted by atomic mass is 9.68. The summed E-state index contributed by atoms with van der Waals surface area (Å²) in [6, 6.07) is 0. The molecular weight excluding hydrogens is 208 g/mol. The Hall–Kier alpha value is -1.00. The summed E-state index contributed by atoms with van der Waals surface area (Å²) in [7, 11) is 0. The quantitative estimate of drug-likeness (QED) is 0.519. The van der Waals surface area contributed by atoms with E-state index in [4.69, 9.17) is 6.42 Å². The maximum absolute atomic E-state index is 10.6. The van der Waals surface area contributed by atoms with Gasteiger partial charge >= 0.3 is 0 Å². The first-order valence-electron chi connectivity index (χ1n) is 6.32. The van der Waals surface area contributed by atoms with E-state index < -0.39 is 11.0 Å². The number of hydrogen-bond donors (Lipinski definition) is 1. The van der Waals surface area contributed by atoms with Gasteiger partial charge in [-0.15, -0.1) is 13.0 Å². The van der Waals surface area contributed by atoms with Gasteiger partial charge in [0.2, 0.25) is 0 Å². The largest absolute Gasteiger partial charge is 0.377 e. The summed E-state index contributed by atoms with van der Waals surface area (Å²) in [4.78, 5) is 0. The van der Waals surface area contributed by atoms with Gasteiger partial charge in [-0.1, -0.05) is 43.9 Å². The van der Waals surface area contributed by atoms with Gasteiger partial charge in [-0.05, 0) is 33.1 Å². The van der Waals surface area contributed by atoms with Crippen molar-refractivity contribution in [2.45, 2.75) is 59.0 Å². The third kappa shape index (κ3) is 4.06. The number of aliphatic hydroxyl groups is 1. The van der Waals surface area contributed by atoms with Gasteiger partial charge in [-0.3, -0.25) is 0 Å². The van der Waals surface area contributed by atoms with E-state index in [1.165, 1.54) is 5.57 Å². The second-order valence-electron chi connectivity index (χ2n) is 5.20. The fraction of sp³-hybridized carbons (Fsp3) is 0.625. The summed E-state index contributed by atoms with van der Waals surface area (Å²) in [6.07, 6.45) is 12.7. The molecule has 0 aromatic rings. The molecule has 0 aromatic heterocycles. The minimum atomic E-state index is -1.08. The SMILES string of the molecule is C#CC(O)(CCC)C(C)(C=C)CCC=C(C)C. The zero-order valence-corrected chi connectivity index (χ0v) is 11.7. The zero-order valence-electron chi connectivity index (χ0n) is 11.7. The van der Waals surface area contributed by atoms with Crippen molar-refractivity contribution in [1.29, 1.82) is 0 Å². The molecule has 1 N–H and O–H groups in total. The summed E-state index contributed by atoms with van der Waals surface area (Å²) in [5.41, 5.74) is -0.223. The molecule has 0 aromatic carbocycles. The molecule has 0 aliphatic heterocycles. The molecule has 2 atom stereocenters. The standard InChI is InChI=1S/C16H26O/c1-7-12-16(17,9-3)15(6,8-2)13-10-11-14(4)5/h3,8,11,17H,2,7,10,12-13H2,1,4-6H3. The molecule has 17 heavy (non-hydrogen) atoms. The summed E-state index contributed by atoms with van der Waals surface area (Å²) >= 11 is 0. The zero-order chi connectivity index (χ0) is 13.5. The van der Waals surface area contributed by atoms with Crippen LogP contribution in [-0.2, 0) is 0 Å². The minimum absolute atomic E-state index is 0.427. The van der Waals surface area contributed by atoms with Crippen LogP contribution < -0.4 is 0 Å². The smallest absolute Gasteiger partial charge is 0.133 e. The monoisotopic (exact) mass is 234 g/mol. The number of allylic oxidation sites excluding steroid dienone is 2. The summed E-state index contributed by atoms with van der Waals surface area (Å²) in [5.74, 6) is 2.57. The van der Waals surface area contributed by atoms with E-state index in [0.29, 0.717) is 6.42 Å². The molecule has 0 aliphatic rings. The van der Waals surface area contributed by atoms with Crippen LogP contribution in [0.15, 0.2) is 24.3 Å². The Morgan fingerprint density at radius 1 is 1.41 bits per heavy atom. The van der Waals surface area contributed by atoms with Gasteiger partial charge in [-0.2, -0.15) is 0 Å². The summed E-state index contributed by atoms with van der Waals surface area (Å²) < 4.78 is 0. The Bertz CT molecular complexity index is 317. The van der Waals surface area contributed by atoms with Gasteiger partial charge in [0.1, 0.15) is 5.60 Å². The van der Waals surface area contributed by atoms with Crippen LogP contribution in [-0.4, -0.2) is 10.7 Å². The minimum Gasteiger partial charge on any atom is -0.377 e. The van der Waals surface area contributed by atoms with E-state index in [1.54, 1.807) is 6.08 Å². The first-order chi connectivity index (χ1) is 7.85. The van der Waals surface area contributed by atoms with Crippen LogP contribution in [0.3, 0.4) is 0 Å². The van der Waals surface area contributed by atoms with Crippen molar-refractivity contribution in [3.05, 3.63) is 24.3 Å². The Kier molecular flexibility index (Phi) is 6.27. The Balaban J connectivity index is 4.93. The molecule has 0 fully saturated rings. The summed E-state index contributed by atoms with van der Waals surface area (Å²) in [6.45, 7) is 12.0. The van der Waals surface area contributed by atoms with Crippen molar-refractivity contribution < 1.29 is 5.11 Å². The number of terminal acetylenes is 1. The maximum Gasteiger partial charge on any atom is 0.133 e. The molecule has 2 unspecified atom stereocenters. The van der Waals surface area contributed by atoms with Gasteiger partial charge in [0, 0.05) is 5.41 Å². The Labute approximate surface area is 107 Å². The Morgan fingerprint density at radius 3 is 2.35 bits per heavy atom. The Morgan fingerprint density at radius 2 is 2.00 bits per heavy atom. The van der Waals surface area contributed by atoms with Crippen molar-refractivity contribution in [2.75, 3.05) is 0 Å². The van der Waals surface area contributed by atoms with E-state index in [9.17, 15) is 5.11 Å². The summed E-state index contributed by atoms with van der Waals surface area (Å²) in [5, 5.41) is 10.6. The highest BCUT2D eigenvalue weighted by Crippen LogP contribution is 2.40. The first-order valence-corrected chi connectivity index (χ1v) is 6.32. The molecule has 0 aliphatic carbocycles. The first kappa shape index (κ1) is 16.0. The highest BCUT2D eigenvalue weighted by atomic mass is 16.3. The van der Waals surface area contributed by atoms with Crippen LogP contribution in [0.4, 0.5) is 0 Å². The number of hydrogen-bond acceptors (Lipinski definition) is 1. The van der Waals surface area contributed by atoms with Crippen molar-refractivity contribution >= 4 is 0 Å². The molecule has 0 saturated carbocycles. The normalized spacial score (nSPS) is 17.4. The van der Waals surface area contributed by atoms with Crippen LogP contribution in [0.1, 0.15) is 53.4 Å². The van der Waals surface area contributed by atoms with Gasteiger partial charge < -0.3 is 5.11 Å². The van der Waals surface area contributed by atoms with Crippen molar-refractivity contribution in [1.82, 2.24) is 0 Å². The molecule has 0 rings (SSSR count). The van der Waals surface area contributed by atoms with Crippen LogP contribution in [0.5, 0.6) is 0 Å². The third-order valence-electron chi connectivity index (χ3n) is 3.46. The van der Waals surface area contributed by atoms with Gasteiger partial charge in [0.15, 0.2) is 0 Å². The molecule has 0 amide bonds. The average Bonchev–Trinajstić information content (AvgIpc) is 2.28. The number of rotatable bonds is 7. The van der Waals surface area contributed by atoms with E-state index in [2.05, 4.69) is 32.4 Å². The van der Waals surface area contributed by atoms with Crippen LogP contribution in [0.25, 0.3) is 0 Å². The molecule has 96 valence electrons. The molecule has 0 spiro atoms. The van der Waals surface area contributed by atoms with Gasteiger partial charge in [0.05, 0.1) is 0 Å². The molecule has 0 saturated heterocycles. The predicted molar refractivity (Wildman–Crippen MR) is 75.7 cm³/mol. The fourth-order valence-corrected chi connectivity index (χ4v) is 2.02. The molecule has 1 heteroatoms. The van der Waals surface area contributed by atoms with Crippen LogP contribution in [0, 0.1) is 17.8 Å².